The molecule has 0 bridgehead atoms. The van der Waals surface area contributed by atoms with Crippen molar-refractivity contribution in [1.29, 1.82) is 0 Å². The predicted octanol–water partition coefficient (Wildman–Crippen LogP) is 1.59. The van der Waals surface area contributed by atoms with Gasteiger partial charge < -0.3 is 9.64 Å². The molecule has 0 spiro atoms. The smallest absolute Gasteiger partial charge is 0.409 e. The van der Waals surface area contributed by atoms with E-state index in [-0.39, 0.29) is 17.8 Å². The standard InChI is InChI=1S/C11H12N2O4/c1-12-10(7-17-11(12)14)6-8-2-4-9(5-3-8)13(15)16/h2-5,10H,6-7H2,1H3. The van der Waals surface area contributed by atoms with Crippen LogP contribution in [0, 0.1) is 10.1 Å². The van der Waals surface area contributed by atoms with Crippen LogP contribution in [0.5, 0.6) is 0 Å². The van der Waals surface area contributed by atoms with Gasteiger partial charge in [-0.3, -0.25) is 10.1 Å². The Kier molecular flexibility index (Phi) is 2.95. The molecular weight excluding hydrogens is 224 g/mol. The van der Waals surface area contributed by atoms with Crippen LogP contribution < -0.4 is 0 Å². The van der Waals surface area contributed by atoms with Gasteiger partial charge in [-0.1, -0.05) is 12.1 Å². The van der Waals surface area contributed by atoms with E-state index < -0.39 is 4.92 Å². The van der Waals surface area contributed by atoms with Crippen LogP contribution in [0.1, 0.15) is 5.56 Å². The molecular formula is C11H12N2O4. The highest BCUT2D eigenvalue weighted by Crippen LogP contribution is 2.17. The topological polar surface area (TPSA) is 72.7 Å². The number of hydrogen-bond acceptors (Lipinski definition) is 4. The molecule has 1 aromatic rings. The molecule has 1 amide bonds. The molecule has 1 saturated heterocycles. The highest BCUT2D eigenvalue weighted by atomic mass is 16.6. The van der Waals surface area contributed by atoms with Crippen LogP contribution in [-0.2, 0) is 11.2 Å². The van der Waals surface area contributed by atoms with Gasteiger partial charge in [-0.05, 0) is 12.0 Å². The zero-order chi connectivity index (χ0) is 12.4. The fourth-order valence-corrected chi connectivity index (χ4v) is 1.75. The number of nitro benzene ring substituents is 1. The first-order valence-electron chi connectivity index (χ1n) is 5.21. The molecule has 0 aromatic heterocycles. The molecule has 0 aliphatic carbocycles. The molecule has 1 aromatic carbocycles. The number of nitrogens with zero attached hydrogens (tertiary/aromatic N) is 2. The molecule has 1 unspecified atom stereocenters. The van der Waals surface area contributed by atoms with Gasteiger partial charge in [-0.25, -0.2) is 4.79 Å². The SMILES string of the molecule is CN1C(=O)OCC1Cc1ccc([N+](=O)[O-])cc1. The van der Waals surface area contributed by atoms with E-state index in [1.165, 1.54) is 12.1 Å². The highest BCUT2D eigenvalue weighted by molar-refractivity contribution is 5.69. The summed E-state index contributed by atoms with van der Waals surface area (Å²) in [5.41, 5.74) is 1.02. The molecule has 6 nitrogen and oxygen atoms in total. The van der Waals surface area contributed by atoms with Gasteiger partial charge in [-0.2, -0.15) is 0 Å². The minimum Gasteiger partial charge on any atom is -0.447 e. The van der Waals surface area contributed by atoms with Crippen LogP contribution >= 0.6 is 0 Å². The normalized spacial score (nSPS) is 19.2. The third-order valence-electron chi connectivity index (χ3n) is 2.85. The second kappa shape index (κ2) is 4.40. The maximum atomic E-state index is 11.1. The first-order chi connectivity index (χ1) is 8.08. The maximum absolute atomic E-state index is 11.1. The number of carbonyl (C=O) groups excluding carboxylic acids is 1. The summed E-state index contributed by atoms with van der Waals surface area (Å²) in [6.45, 7) is 0.367. The summed E-state index contributed by atoms with van der Waals surface area (Å²) in [7, 11) is 1.69. The van der Waals surface area contributed by atoms with Gasteiger partial charge >= 0.3 is 6.09 Å². The third-order valence-corrected chi connectivity index (χ3v) is 2.85. The van der Waals surface area contributed by atoms with Crippen molar-refractivity contribution in [3.63, 3.8) is 0 Å². The number of hydrogen-bond donors (Lipinski definition) is 0. The molecule has 0 radical (unpaired) electrons. The molecule has 1 fully saturated rings. The zero-order valence-electron chi connectivity index (χ0n) is 9.33. The van der Waals surface area contributed by atoms with E-state index in [9.17, 15) is 14.9 Å². The van der Waals surface area contributed by atoms with Crippen LogP contribution in [0.4, 0.5) is 10.5 Å². The number of benzene rings is 1. The van der Waals surface area contributed by atoms with Crippen LogP contribution in [-0.4, -0.2) is 35.6 Å². The lowest BCUT2D eigenvalue weighted by molar-refractivity contribution is -0.384. The molecule has 0 N–H and O–H groups in total. The minimum atomic E-state index is -0.432. The summed E-state index contributed by atoms with van der Waals surface area (Å²) in [6.07, 6.45) is 0.317. The Morgan fingerprint density at radius 1 is 1.47 bits per heavy atom. The molecule has 1 aliphatic heterocycles. The summed E-state index contributed by atoms with van der Waals surface area (Å²) >= 11 is 0. The Labute approximate surface area is 97.9 Å². The lowest BCUT2D eigenvalue weighted by Crippen LogP contribution is -2.30. The lowest BCUT2D eigenvalue weighted by Gasteiger charge is -2.15. The average Bonchev–Trinajstić information content (AvgIpc) is 2.62. The van der Waals surface area contributed by atoms with Crippen molar-refractivity contribution < 1.29 is 14.5 Å². The fourth-order valence-electron chi connectivity index (χ4n) is 1.75. The fraction of sp³-hybridized carbons (Fsp3) is 0.364. The van der Waals surface area contributed by atoms with E-state index in [2.05, 4.69) is 0 Å². The van der Waals surface area contributed by atoms with Gasteiger partial charge in [0.1, 0.15) is 6.61 Å². The summed E-state index contributed by atoms with van der Waals surface area (Å²) < 4.78 is 4.89. The zero-order valence-corrected chi connectivity index (χ0v) is 9.33. The molecule has 1 heterocycles. The molecule has 17 heavy (non-hydrogen) atoms. The first kappa shape index (κ1) is 11.4. The maximum Gasteiger partial charge on any atom is 0.409 e. The van der Waals surface area contributed by atoms with Gasteiger partial charge in [-0.15, -0.1) is 0 Å². The van der Waals surface area contributed by atoms with Crippen molar-refractivity contribution in [2.45, 2.75) is 12.5 Å². The number of non-ortho nitro benzene ring substituents is 1. The summed E-state index contributed by atoms with van der Waals surface area (Å²) in [5.74, 6) is 0. The van der Waals surface area contributed by atoms with Crippen LogP contribution in [0.15, 0.2) is 24.3 Å². The Morgan fingerprint density at radius 2 is 2.12 bits per heavy atom. The Bertz CT molecular complexity index is 443. The predicted molar refractivity (Wildman–Crippen MR) is 59.7 cm³/mol. The van der Waals surface area contributed by atoms with Crippen LogP contribution in [0.2, 0.25) is 0 Å². The van der Waals surface area contributed by atoms with E-state index in [1.807, 2.05) is 0 Å². The number of carbonyl (C=O) groups is 1. The molecule has 0 saturated carbocycles. The Balaban J connectivity index is 2.04. The molecule has 90 valence electrons. The highest BCUT2D eigenvalue weighted by Gasteiger charge is 2.29. The second-order valence-electron chi connectivity index (χ2n) is 3.97. The lowest BCUT2D eigenvalue weighted by atomic mass is 10.1. The van der Waals surface area contributed by atoms with Gasteiger partial charge in [0.05, 0.1) is 11.0 Å². The molecule has 1 atom stereocenters. The number of amides is 1. The van der Waals surface area contributed by atoms with E-state index in [1.54, 1.807) is 24.1 Å². The third kappa shape index (κ3) is 2.35. The van der Waals surface area contributed by atoms with Gasteiger partial charge in [0.15, 0.2) is 0 Å². The van der Waals surface area contributed by atoms with Crippen molar-refractivity contribution in [3.8, 4) is 0 Å². The van der Waals surface area contributed by atoms with E-state index in [0.29, 0.717) is 13.0 Å². The molecule has 2 rings (SSSR count). The second-order valence-corrected chi connectivity index (χ2v) is 3.97. The largest absolute Gasteiger partial charge is 0.447 e. The van der Waals surface area contributed by atoms with Crippen LogP contribution in [0.25, 0.3) is 0 Å². The Hall–Kier alpha value is -2.11. The Morgan fingerprint density at radius 3 is 2.59 bits per heavy atom. The number of nitro groups is 1. The van der Waals surface area contributed by atoms with Crippen molar-refractivity contribution in [2.24, 2.45) is 0 Å². The molecule has 6 heteroatoms. The summed E-state index contributed by atoms with van der Waals surface area (Å²) in [4.78, 5) is 22.7. The van der Waals surface area contributed by atoms with Gasteiger partial charge in [0.25, 0.3) is 5.69 Å². The number of ether oxygens (including phenoxy) is 1. The van der Waals surface area contributed by atoms with Crippen molar-refractivity contribution in [1.82, 2.24) is 4.90 Å². The summed E-state index contributed by atoms with van der Waals surface area (Å²) in [5, 5.41) is 10.5. The van der Waals surface area contributed by atoms with Crippen molar-refractivity contribution >= 4 is 11.8 Å². The minimum absolute atomic E-state index is 0.00366. The van der Waals surface area contributed by atoms with E-state index >= 15 is 0 Å². The number of cyclic esters (lactones) is 1. The summed E-state index contributed by atoms with van der Waals surface area (Å²) in [6, 6.07) is 6.34. The van der Waals surface area contributed by atoms with Crippen molar-refractivity contribution in [3.05, 3.63) is 39.9 Å². The van der Waals surface area contributed by atoms with Crippen molar-refractivity contribution in [2.75, 3.05) is 13.7 Å². The quantitative estimate of drug-likeness (QED) is 0.590. The van der Waals surface area contributed by atoms with Gasteiger partial charge in [0, 0.05) is 19.2 Å². The monoisotopic (exact) mass is 236 g/mol. The first-order valence-corrected chi connectivity index (χ1v) is 5.21. The number of likely N-dealkylation sites (N-methyl/N-ethyl adjacent to an activating group) is 1. The van der Waals surface area contributed by atoms with Gasteiger partial charge in [0.2, 0.25) is 0 Å². The van der Waals surface area contributed by atoms with E-state index in [0.717, 1.165) is 5.56 Å². The molecule has 1 aliphatic rings. The van der Waals surface area contributed by atoms with Crippen LogP contribution in [0.3, 0.4) is 0 Å². The number of rotatable bonds is 3. The van der Waals surface area contributed by atoms with E-state index in [4.69, 9.17) is 4.74 Å². The average molecular weight is 236 g/mol.